The number of fused-ring (bicyclic) bond motifs is 2. The number of esters is 2. The van der Waals surface area contributed by atoms with E-state index in [-0.39, 0.29) is 16.8 Å². The molecule has 0 aromatic carbocycles. The van der Waals surface area contributed by atoms with Crippen molar-refractivity contribution in [2.24, 2.45) is 0 Å². The van der Waals surface area contributed by atoms with Gasteiger partial charge in [-0.25, -0.2) is 0 Å². The number of hydrogen-bond donors (Lipinski definition) is 0. The van der Waals surface area contributed by atoms with Gasteiger partial charge in [-0.15, -0.1) is 0 Å². The van der Waals surface area contributed by atoms with Gasteiger partial charge in [0.15, 0.2) is 0 Å². The van der Waals surface area contributed by atoms with Gasteiger partial charge >= 0.3 is 11.9 Å². The van der Waals surface area contributed by atoms with Gasteiger partial charge in [-0.1, -0.05) is 28.1 Å². The second kappa shape index (κ2) is 5.27. The molecule has 0 saturated heterocycles. The van der Waals surface area contributed by atoms with Crippen LogP contribution in [0.3, 0.4) is 0 Å². The lowest BCUT2D eigenvalue weighted by molar-refractivity contribution is -0.180. The van der Waals surface area contributed by atoms with Gasteiger partial charge < -0.3 is 9.47 Å². The van der Waals surface area contributed by atoms with Gasteiger partial charge in [-0.05, 0) is 19.3 Å². The third-order valence-electron chi connectivity index (χ3n) is 3.91. The molecule has 0 aromatic heterocycles. The number of carbonyl (C=O) groups excluding carboxylic acids is 2. The average molecular weight is 331 g/mol. The van der Waals surface area contributed by atoms with Crippen molar-refractivity contribution < 1.29 is 19.1 Å². The zero-order valence-corrected chi connectivity index (χ0v) is 12.9. The van der Waals surface area contributed by atoms with Crippen LogP contribution in [0.5, 0.6) is 0 Å². The number of alkyl halides is 1. The minimum Gasteiger partial charge on any atom is -0.458 e. The van der Waals surface area contributed by atoms with E-state index in [9.17, 15) is 9.59 Å². The zero-order valence-electron chi connectivity index (χ0n) is 11.3. The molecule has 0 radical (unpaired) electrons. The van der Waals surface area contributed by atoms with Gasteiger partial charge in [-0.3, -0.25) is 9.59 Å². The van der Waals surface area contributed by atoms with E-state index in [1.165, 1.54) is 13.8 Å². The molecule has 19 heavy (non-hydrogen) atoms. The fourth-order valence-corrected chi connectivity index (χ4v) is 4.28. The Morgan fingerprint density at radius 3 is 1.84 bits per heavy atom. The van der Waals surface area contributed by atoms with E-state index in [0.717, 1.165) is 19.3 Å². The van der Waals surface area contributed by atoms with Crippen LogP contribution in [0.4, 0.5) is 0 Å². The molecule has 2 aliphatic rings. The molecule has 0 spiro atoms. The summed E-state index contributed by atoms with van der Waals surface area (Å²) in [5.74, 6) is -0.586. The molecule has 4 nitrogen and oxygen atoms in total. The maximum absolute atomic E-state index is 11.4. The second-order valence-corrected chi connectivity index (χ2v) is 6.33. The van der Waals surface area contributed by atoms with Crippen LogP contribution in [0.15, 0.2) is 12.2 Å². The number of halogens is 1. The molecule has 2 rings (SSSR count). The van der Waals surface area contributed by atoms with Crippen molar-refractivity contribution >= 4 is 27.9 Å². The molecule has 0 heterocycles. The summed E-state index contributed by atoms with van der Waals surface area (Å²) >= 11 is 3.66. The molecule has 106 valence electrons. The molecule has 1 unspecified atom stereocenters. The third kappa shape index (κ3) is 2.71. The molecule has 3 atom stereocenters. The minimum atomic E-state index is -0.605. The van der Waals surface area contributed by atoms with E-state index >= 15 is 0 Å². The predicted octanol–water partition coefficient (Wildman–Crippen LogP) is 2.89. The highest BCUT2D eigenvalue weighted by atomic mass is 79.9. The standard InChI is InChI=1S/C14H19BrO4/c1-10(16)18-13-6-3-4-7-14(12(13)15,9-5-8-13)19-11(2)17/h3-4,12H,5-9H2,1-2H3/t12?,13-,14+. The summed E-state index contributed by atoms with van der Waals surface area (Å²) in [6, 6.07) is 0. The van der Waals surface area contributed by atoms with E-state index < -0.39 is 11.2 Å². The Kier molecular flexibility index (Phi) is 4.04. The highest BCUT2D eigenvalue weighted by Gasteiger charge is 2.56. The fraction of sp³-hybridized carbons (Fsp3) is 0.714. The van der Waals surface area contributed by atoms with Crippen LogP contribution in [0.25, 0.3) is 0 Å². The van der Waals surface area contributed by atoms with Crippen molar-refractivity contribution in [1.29, 1.82) is 0 Å². The maximum Gasteiger partial charge on any atom is 0.303 e. The Balaban J connectivity index is 2.37. The largest absolute Gasteiger partial charge is 0.458 e. The molecular formula is C14H19BrO4. The van der Waals surface area contributed by atoms with E-state index in [0.29, 0.717) is 12.8 Å². The first-order valence-corrected chi connectivity index (χ1v) is 7.50. The number of carbonyl (C=O) groups is 2. The minimum absolute atomic E-state index is 0.177. The Morgan fingerprint density at radius 1 is 1.05 bits per heavy atom. The first-order valence-electron chi connectivity index (χ1n) is 6.58. The molecule has 0 aliphatic heterocycles. The van der Waals surface area contributed by atoms with Gasteiger partial charge in [0.2, 0.25) is 0 Å². The molecule has 0 aromatic rings. The Morgan fingerprint density at radius 2 is 1.47 bits per heavy atom. The SMILES string of the molecule is CC(=O)O[C@]12CC=CC[C@](OC(C)=O)(CCC1)C2Br. The van der Waals surface area contributed by atoms with Crippen LogP contribution in [-0.2, 0) is 19.1 Å². The lowest BCUT2D eigenvalue weighted by Gasteiger charge is -2.49. The third-order valence-corrected chi connectivity index (χ3v) is 5.58. The zero-order chi connectivity index (χ0) is 14.1. The molecule has 1 saturated carbocycles. The molecule has 0 amide bonds. The van der Waals surface area contributed by atoms with Crippen LogP contribution in [-0.4, -0.2) is 28.0 Å². The predicted molar refractivity (Wildman–Crippen MR) is 73.9 cm³/mol. The van der Waals surface area contributed by atoms with Crippen molar-refractivity contribution in [3.8, 4) is 0 Å². The first-order chi connectivity index (χ1) is 8.90. The quantitative estimate of drug-likeness (QED) is 0.444. The highest BCUT2D eigenvalue weighted by molar-refractivity contribution is 9.09. The van der Waals surface area contributed by atoms with Crippen LogP contribution in [0.1, 0.15) is 46.0 Å². The second-order valence-electron chi connectivity index (χ2n) is 5.41. The van der Waals surface area contributed by atoms with Crippen LogP contribution < -0.4 is 0 Å². The van der Waals surface area contributed by atoms with E-state index in [4.69, 9.17) is 9.47 Å². The first kappa shape index (κ1) is 14.6. The maximum atomic E-state index is 11.4. The summed E-state index contributed by atoms with van der Waals surface area (Å²) in [6.07, 6.45) is 7.81. The summed E-state index contributed by atoms with van der Waals surface area (Å²) in [6.45, 7) is 2.84. The van der Waals surface area contributed by atoms with Crippen LogP contribution in [0.2, 0.25) is 0 Å². The molecule has 5 heteroatoms. The molecule has 2 aliphatic carbocycles. The summed E-state index contributed by atoms with van der Waals surface area (Å²) in [4.78, 5) is 22.7. The summed E-state index contributed by atoms with van der Waals surface area (Å²) in [5.41, 5.74) is -1.21. The van der Waals surface area contributed by atoms with E-state index in [1.807, 2.05) is 12.2 Å². The van der Waals surface area contributed by atoms with Crippen molar-refractivity contribution in [1.82, 2.24) is 0 Å². The van der Waals surface area contributed by atoms with Crippen LogP contribution >= 0.6 is 15.9 Å². The van der Waals surface area contributed by atoms with E-state index in [2.05, 4.69) is 15.9 Å². The molecule has 1 fully saturated rings. The molecule has 2 bridgehead atoms. The number of rotatable bonds is 2. The summed E-state index contributed by atoms with van der Waals surface area (Å²) < 4.78 is 11.2. The van der Waals surface area contributed by atoms with Gasteiger partial charge in [-0.2, -0.15) is 0 Å². The summed E-state index contributed by atoms with van der Waals surface area (Å²) in [7, 11) is 0. The van der Waals surface area contributed by atoms with E-state index in [1.54, 1.807) is 0 Å². The Bertz CT molecular complexity index is 384. The van der Waals surface area contributed by atoms with Gasteiger partial charge in [0.05, 0.1) is 4.83 Å². The lowest BCUT2D eigenvalue weighted by Crippen LogP contribution is -2.59. The van der Waals surface area contributed by atoms with Crippen molar-refractivity contribution in [3.63, 3.8) is 0 Å². The van der Waals surface area contributed by atoms with Gasteiger partial charge in [0.25, 0.3) is 0 Å². The van der Waals surface area contributed by atoms with Gasteiger partial charge in [0, 0.05) is 26.7 Å². The Labute approximate surface area is 121 Å². The normalized spacial score (nSPS) is 37.3. The number of ether oxygens (including phenoxy) is 2. The fourth-order valence-electron chi connectivity index (χ4n) is 3.26. The highest BCUT2D eigenvalue weighted by Crippen LogP contribution is 2.50. The smallest absolute Gasteiger partial charge is 0.303 e. The van der Waals surface area contributed by atoms with Crippen LogP contribution in [0, 0.1) is 0 Å². The monoisotopic (exact) mass is 330 g/mol. The van der Waals surface area contributed by atoms with Crippen molar-refractivity contribution in [2.45, 2.75) is 62.0 Å². The lowest BCUT2D eigenvalue weighted by atomic mass is 9.73. The average Bonchev–Trinajstić information content (AvgIpc) is 2.37. The van der Waals surface area contributed by atoms with Crippen molar-refractivity contribution in [2.75, 3.05) is 0 Å². The Hall–Kier alpha value is -0.840. The molecule has 0 N–H and O–H groups in total. The molecular weight excluding hydrogens is 312 g/mol. The van der Waals surface area contributed by atoms with Gasteiger partial charge in [0.1, 0.15) is 11.2 Å². The van der Waals surface area contributed by atoms with Crippen molar-refractivity contribution in [3.05, 3.63) is 12.2 Å². The number of hydrogen-bond acceptors (Lipinski definition) is 4. The summed E-state index contributed by atoms with van der Waals surface area (Å²) in [5, 5.41) is 0. The topological polar surface area (TPSA) is 52.6 Å².